The number of thiophene rings is 1. The number of rotatable bonds is 7. The molecule has 0 aliphatic rings. The first-order valence-electron chi connectivity index (χ1n) is 7.81. The van der Waals surface area contributed by atoms with Crippen LogP contribution in [0.2, 0.25) is 0 Å². The Morgan fingerprint density at radius 2 is 1.92 bits per heavy atom. The maximum absolute atomic E-state index is 12.1. The number of ether oxygens (including phenoxy) is 2. The van der Waals surface area contributed by atoms with Gasteiger partial charge in [-0.25, -0.2) is 9.59 Å². The van der Waals surface area contributed by atoms with Crippen LogP contribution in [0.25, 0.3) is 0 Å². The molecular weight excluding hydrogens is 424 g/mol. The third-order valence-electron chi connectivity index (χ3n) is 3.15. The van der Waals surface area contributed by atoms with Gasteiger partial charge in [-0.3, -0.25) is 9.78 Å². The summed E-state index contributed by atoms with van der Waals surface area (Å²) in [4.78, 5) is 40.8. The minimum atomic E-state index is -0.667. The molecule has 0 aromatic carbocycles. The molecule has 2 heterocycles. The van der Waals surface area contributed by atoms with Crippen molar-refractivity contribution in [2.75, 3.05) is 18.5 Å². The van der Waals surface area contributed by atoms with Crippen molar-refractivity contribution in [3.8, 4) is 0 Å². The van der Waals surface area contributed by atoms with Gasteiger partial charge in [-0.15, -0.1) is 11.3 Å². The van der Waals surface area contributed by atoms with E-state index in [9.17, 15) is 14.4 Å². The minimum Gasteiger partial charge on any atom is -0.462 e. The molecule has 2 aromatic rings. The normalized spacial score (nSPS) is 10.3. The number of anilines is 1. The van der Waals surface area contributed by atoms with Crippen LogP contribution in [0.1, 0.15) is 39.4 Å². The molecule has 1 N–H and O–H groups in total. The Hall–Kier alpha value is -2.26. The fourth-order valence-electron chi connectivity index (χ4n) is 1.97. The SMILES string of the molecule is CCOC(=O)c1cc(CC)sc1NC(=O)COC(=O)c1cncc(Br)c1. The molecule has 0 spiro atoms. The van der Waals surface area contributed by atoms with Crippen LogP contribution in [0.5, 0.6) is 0 Å². The second-order valence-electron chi connectivity index (χ2n) is 5.05. The highest BCUT2D eigenvalue weighted by atomic mass is 79.9. The van der Waals surface area contributed by atoms with Gasteiger partial charge in [0.1, 0.15) is 5.00 Å². The summed E-state index contributed by atoms with van der Waals surface area (Å²) in [6.45, 7) is 3.41. The van der Waals surface area contributed by atoms with Gasteiger partial charge in [-0.2, -0.15) is 0 Å². The van der Waals surface area contributed by atoms with Crippen LogP contribution >= 0.6 is 27.3 Å². The number of aromatic nitrogens is 1. The van der Waals surface area contributed by atoms with Gasteiger partial charge < -0.3 is 14.8 Å². The zero-order valence-corrected chi connectivity index (χ0v) is 16.6. The first-order chi connectivity index (χ1) is 12.4. The van der Waals surface area contributed by atoms with Crippen molar-refractivity contribution in [2.45, 2.75) is 20.3 Å². The molecule has 0 aliphatic carbocycles. The number of carbonyl (C=O) groups excluding carboxylic acids is 3. The Morgan fingerprint density at radius 3 is 2.58 bits per heavy atom. The molecule has 138 valence electrons. The van der Waals surface area contributed by atoms with E-state index in [2.05, 4.69) is 26.2 Å². The third kappa shape index (κ3) is 5.37. The Bertz CT molecular complexity index is 821. The van der Waals surface area contributed by atoms with Crippen molar-refractivity contribution >= 4 is 50.1 Å². The van der Waals surface area contributed by atoms with Crippen LogP contribution in [0.4, 0.5) is 5.00 Å². The van der Waals surface area contributed by atoms with E-state index < -0.39 is 24.5 Å². The zero-order valence-electron chi connectivity index (χ0n) is 14.2. The Kier molecular flexibility index (Phi) is 7.28. The smallest absolute Gasteiger partial charge is 0.341 e. The molecule has 0 fully saturated rings. The number of hydrogen-bond acceptors (Lipinski definition) is 7. The number of halogens is 1. The van der Waals surface area contributed by atoms with Crippen molar-refractivity contribution in [3.05, 3.63) is 45.0 Å². The number of amides is 1. The molecule has 9 heteroatoms. The first-order valence-corrected chi connectivity index (χ1v) is 9.42. The van der Waals surface area contributed by atoms with E-state index in [1.54, 1.807) is 19.1 Å². The topological polar surface area (TPSA) is 94.6 Å². The van der Waals surface area contributed by atoms with Gasteiger partial charge in [0.25, 0.3) is 5.91 Å². The highest BCUT2D eigenvalue weighted by Gasteiger charge is 2.19. The maximum atomic E-state index is 12.1. The lowest BCUT2D eigenvalue weighted by Gasteiger charge is -2.07. The van der Waals surface area contributed by atoms with Gasteiger partial charge in [-0.1, -0.05) is 6.92 Å². The number of nitrogens with zero attached hydrogens (tertiary/aromatic N) is 1. The molecule has 26 heavy (non-hydrogen) atoms. The predicted octanol–water partition coefficient (Wildman–Crippen LogP) is 3.44. The first kappa shape index (κ1) is 20.1. The lowest BCUT2D eigenvalue weighted by Crippen LogP contribution is -2.21. The summed E-state index contributed by atoms with van der Waals surface area (Å²) >= 11 is 4.49. The molecule has 1 amide bonds. The largest absolute Gasteiger partial charge is 0.462 e. The number of aryl methyl sites for hydroxylation is 1. The van der Waals surface area contributed by atoms with E-state index in [4.69, 9.17) is 9.47 Å². The van der Waals surface area contributed by atoms with Gasteiger partial charge >= 0.3 is 11.9 Å². The number of carbonyl (C=O) groups is 3. The fourth-order valence-corrected chi connectivity index (χ4v) is 3.34. The van der Waals surface area contributed by atoms with Crippen molar-refractivity contribution in [2.24, 2.45) is 0 Å². The monoisotopic (exact) mass is 440 g/mol. The second-order valence-corrected chi connectivity index (χ2v) is 7.10. The fraction of sp³-hybridized carbons (Fsp3) is 0.294. The van der Waals surface area contributed by atoms with E-state index in [-0.39, 0.29) is 12.2 Å². The summed E-state index contributed by atoms with van der Waals surface area (Å²) in [5.74, 6) is -1.72. The van der Waals surface area contributed by atoms with Crippen molar-refractivity contribution in [1.29, 1.82) is 0 Å². The highest BCUT2D eigenvalue weighted by molar-refractivity contribution is 9.10. The predicted molar refractivity (Wildman–Crippen MR) is 101 cm³/mol. The molecule has 0 radical (unpaired) electrons. The standard InChI is InChI=1S/C17H17BrN2O5S/c1-3-12-6-13(17(23)24-4-2)15(26-12)20-14(21)9-25-16(22)10-5-11(18)8-19-7-10/h5-8H,3-4,9H2,1-2H3,(H,20,21). The molecule has 7 nitrogen and oxygen atoms in total. The van der Waals surface area contributed by atoms with Gasteiger partial charge in [0, 0.05) is 21.7 Å². The van der Waals surface area contributed by atoms with Crippen LogP contribution in [-0.4, -0.2) is 36.0 Å². The van der Waals surface area contributed by atoms with Crippen molar-refractivity contribution in [3.63, 3.8) is 0 Å². The molecular formula is C17H17BrN2O5S. The zero-order chi connectivity index (χ0) is 19.1. The summed E-state index contributed by atoms with van der Waals surface area (Å²) < 4.78 is 10.6. The van der Waals surface area contributed by atoms with Gasteiger partial charge in [-0.05, 0) is 41.4 Å². The number of hydrogen-bond donors (Lipinski definition) is 1. The molecule has 0 bridgehead atoms. The van der Waals surface area contributed by atoms with Crippen molar-refractivity contribution in [1.82, 2.24) is 4.98 Å². The molecule has 0 aliphatic heterocycles. The molecule has 0 atom stereocenters. The van der Waals surface area contributed by atoms with Crippen molar-refractivity contribution < 1.29 is 23.9 Å². The Labute approximate surface area is 162 Å². The summed E-state index contributed by atoms with van der Waals surface area (Å²) in [6.07, 6.45) is 3.59. The molecule has 0 unspecified atom stereocenters. The van der Waals surface area contributed by atoms with Gasteiger partial charge in [0.15, 0.2) is 6.61 Å². The van der Waals surface area contributed by atoms with E-state index in [0.717, 1.165) is 11.3 Å². The Balaban J connectivity index is 2.00. The summed E-state index contributed by atoms with van der Waals surface area (Å²) in [6, 6.07) is 3.23. The van der Waals surface area contributed by atoms with Crippen LogP contribution in [0.15, 0.2) is 29.0 Å². The summed E-state index contributed by atoms with van der Waals surface area (Å²) in [5, 5.41) is 2.98. The Morgan fingerprint density at radius 1 is 1.15 bits per heavy atom. The van der Waals surface area contributed by atoms with Crippen LogP contribution < -0.4 is 5.32 Å². The number of nitrogens with one attached hydrogen (secondary N) is 1. The van der Waals surface area contributed by atoms with Crippen LogP contribution in [0, 0.1) is 0 Å². The van der Waals surface area contributed by atoms with Crippen LogP contribution in [0.3, 0.4) is 0 Å². The summed E-state index contributed by atoms with van der Waals surface area (Å²) in [5.41, 5.74) is 0.522. The van der Waals surface area contributed by atoms with E-state index in [1.807, 2.05) is 6.92 Å². The number of esters is 2. The number of pyridine rings is 1. The highest BCUT2D eigenvalue weighted by Crippen LogP contribution is 2.29. The molecule has 2 aromatic heterocycles. The average Bonchev–Trinajstić information content (AvgIpc) is 3.03. The lowest BCUT2D eigenvalue weighted by atomic mass is 10.2. The van der Waals surface area contributed by atoms with Crippen LogP contribution in [-0.2, 0) is 20.7 Å². The maximum Gasteiger partial charge on any atom is 0.341 e. The van der Waals surface area contributed by atoms with E-state index >= 15 is 0 Å². The quantitative estimate of drug-likeness (QED) is 0.662. The lowest BCUT2D eigenvalue weighted by molar-refractivity contribution is -0.119. The minimum absolute atomic E-state index is 0.226. The third-order valence-corrected chi connectivity index (χ3v) is 4.78. The van der Waals surface area contributed by atoms with Gasteiger partial charge in [0.2, 0.25) is 0 Å². The summed E-state index contributed by atoms with van der Waals surface area (Å²) in [7, 11) is 0. The molecule has 0 saturated carbocycles. The van der Waals surface area contributed by atoms with E-state index in [1.165, 1.54) is 23.7 Å². The van der Waals surface area contributed by atoms with Gasteiger partial charge in [0.05, 0.1) is 17.7 Å². The molecule has 2 rings (SSSR count). The molecule has 0 saturated heterocycles. The second kappa shape index (κ2) is 9.44. The van der Waals surface area contributed by atoms with E-state index in [0.29, 0.717) is 15.0 Å². The average molecular weight is 441 g/mol.